The third kappa shape index (κ3) is 3.03. The molecule has 0 saturated carbocycles. The number of hydrogen-bond donors (Lipinski definition) is 2. The first kappa shape index (κ1) is 16.2. The minimum Gasteiger partial charge on any atom is -0.486 e. The van der Waals surface area contributed by atoms with Gasteiger partial charge in [0.1, 0.15) is 24.5 Å². The molecule has 24 heavy (non-hydrogen) atoms. The molecule has 0 radical (unpaired) electrons. The van der Waals surface area contributed by atoms with E-state index in [4.69, 9.17) is 30.6 Å². The summed E-state index contributed by atoms with van der Waals surface area (Å²) in [5.74, 6) is -0.636. The Morgan fingerprint density at radius 1 is 1.21 bits per heavy atom. The predicted octanol–water partition coefficient (Wildman–Crippen LogP) is 3.22. The lowest BCUT2D eigenvalue weighted by atomic mass is 10.2. The number of halogens is 1. The molecule has 2 aromatic rings. The van der Waals surface area contributed by atoms with Gasteiger partial charge in [0.2, 0.25) is 0 Å². The number of carboxylic acid groups (broad SMARTS) is 1. The molecule has 0 fully saturated rings. The summed E-state index contributed by atoms with van der Waals surface area (Å²) in [5.41, 5.74) is 0.285. The number of carboxylic acids is 1. The van der Waals surface area contributed by atoms with Gasteiger partial charge in [0.25, 0.3) is 5.91 Å². The lowest BCUT2D eigenvalue weighted by Crippen LogP contribution is -2.16. The summed E-state index contributed by atoms with van der Waals surface area (Å²) in [6, 6.07) is 4.30. The summed E-state index contributed by atoms with van der Waals surface area (Å²) >= 11 is 6.13. The predicted molar refractivity (Wildman–Crippen MR) is 85.4 cm³/mol. The normalized spacial score (nSPS) is 12.8. The maximum Gasteiger partial charge on any atom is 0.339 e. The van der Waals surface area contributed by atoms with Crippen molar-refractivity contribution in [2.45, 2.75) is 13.3 Å². The third-order valence-corrected chi connectivity index (χ3v) is 3.78. The van der Waals surface area contributed by atoms with Crippen LogP contribution in [-0.4, -0.2) is 30.2 Å². The number of hydrogen-bond acceptors (Lipinski definition) is 5. The van der Waals surface area contributed by atoms with Gasteiger partial charge in [0.15, 0.2) is 17.3 Å². The fourth-order valence-corrected chi connectivity index (χ4v) is 2.53. The molecule has 0 bridgehead atoms. The van der Waals surface area contributed by atoms with Gasteiger partial charge in [-0.15, -0.1) is 0 Å². The van der Waals surface area contributed by atoms with Crippen LogP contribution < -0.4 is 14.8 Å². The number of furan rings is 1. The van der Waals surface area contributed by atoms with Crippen molar-refractivity contribution < 1.29 is 28.6 Å². The highest BCUT2D eigenvalue weighted by Crippen LogP contribution is 2.38. The van der Waals surface area contributed by atoms with E-state index in [1.165, 1.54) is 6.07 Å². The number of benzene rings is 1. The summed E-state index contributed by atoms with van der Waals surface area (Å²) < 4.78 is 16.2. The highest BCUT2D eigenvalue weighted by molar-refractivity contribution is 6.34. The zero-order chi connectivity index (χ0) is 17.3. The van der Waals surface area contributed by atoms with E-state index >= 15 is 0 Å². The number of aromatic carboxylic acids is 1. The topological polar surface area (TPSA) is 98.0 Å². The van der Waals surface area contributed by atoms with Crippen molar-refractivity contribution in [3.8, 4) is 11.5 Å². The minimum absolute atomic E-state index is 0.0316. The van der Waals surface area contributed by atoms with Crippen molar-refractivity contribution in [2.75, 3.05) is 18.5 Å². The molecule has 0 aliphatic carbocycles. The van der Waals surface area contributed by atoms with Crippen LogP contribution >= 0.6 is 11.6 Å². The Kier molecular flexibility index (Phi) is 4.35. The first-order valence-corrected chi connectivity index (χ1v) is 7.64. The van der Waals surface area contributed by atoms with Crippen LogP contribution in [0.25, 0.3) is 0 Å². The number of aryl methyl sites for hydroxylation is 1. The van der Waals surface area contributed by atoms with Crippen LogP contribution in [0.3, 0.4) is 0 Å². The van der Waals surface area contributed by atoms with Crippen LogP contribution in [0, 0.1) is 0 Å². The standard InChI is InChI=1S/C16H14ClNO6/c1-2-11-8(16(20)21)5-14(24-11)15(19)18-10-7-13-12(6-9(10)17)22-3-4-23-13/h5-7H,2-4H2,1H3,(H,18,19)(H,20,21). The smallest absolute Gasteiger partial charge is 0.339 e. The molecule has 0 unspecified atom stereocenters. The highest BCUT2D eigenvalue weighted by atomic mass is 35.5. The van der Waals surface area contributed by atoms with Crippen molar-refractivity contribution in [1.29, 1.82) is 0 Å². The Balaban J connectivity index is 1.86. The van der Waals surface area contributed by atoms with Gasteiger partial charge in [-0.25, -0.2) is 4.79 Å². The lowest BCUT2D eigenvalue weighted by molar-refractivity contribution is 0.0694. The van der Waals surface area contributed by atoms with Gasteiger partial charge in [-0.1, -0.05) is 18.5 Å². The van der Waals surface area contributed by atoms with Gasteiger partial charge in [-0.2, -0.15) is 0 Å². The van der Waals surface area contributed by atoms with Crippen LogP contribution in [0.1, 0.15) is 33.6 Å². The van der Waals surface area contributed by atoms with Crippen molar-refractivity contribution in [3.63, 3.8) is 0 Å². The number of ether oxygens (including phenoxy) is 2. The van der Waals surface area contributed by atoms with Crippen LogP contribution in [0.2, 0.25) is 5.02 Å². The monoisotopic (exact) mass is 351 g/mol. The molecule has 2 heterocycles. The van der Waals surface area contributed by atoms with Crippen molar-refractivity contribution in [3.05, 3.63) is 40.3 Å². The number of anilines is 1. The summed E-state index contributed by atoms with van der Waals surface area (Å²) in [6.07, 6.45) is 0.361. The number of carbonyl (C=O) groups is 2. The molecular formula is C16H14ClNO6. The number of amides is 1. The number of rotatable bonds is 4. The van der Waals surface area contributed by atoms with E-state index in [-0.39, 0.29) is 22.1 Å². The van der Waals surface area contributed by atoms with Gasteiger partial charge in [0, 0.05) is 24.6 Å². The van der Waals surface area contributed by atoms with Crippen molar-refractivity contribution >= 4 is 29.2 Å². The van der Waals surface area contributed by atoms with E-state index in [1.807, 2.05) is 0 Å². The Labute approximate surface area is 142 Å². The zero-order valence-corrected chi connectivity index (χ0v) is 13.5. The van der Waals surface area contributed by atoms with Crippen molar-refractivity contribution in [2.24, 2.45) is 0 Å². The molecule has 1 aromatic heterocycles. The van der Waals surface area contributed by atoms with E-state index in [1.54, 1.807) is 19.1 Å². The summed E-state index contributed by atoms with van der Waals surface area (Å²) in [5, 5.41) is 12.0. The largest absolute Gasteiger partial charge is 0.486 e. The average molecular weight is 352 g/mol. The molecule has 8 heteroatoms. The molecule has 2 N–H and O–H groups in total. The molecule has 3 rings (SSSR count). The molecule has 1 amide bonds. The van der Waals surface area contributed by atoms with Crippen LogP contribution in [0.5, 0.6) is 11.5 Å². The second-order valence-corrected chi connectivity index (χ2v) is 5.44. The molecule has 7 nitrogen and oxygen atoms in total. The van der Waals surface area contributed by atoms with E-state index in [0.717, 1.165) is 0 Å². The molecule has 1 aliphatic rings. The summed E-state index contributed by atoms with van der Waals surface area (Å²) in [4.78, 5) is 23.5. The zero-order valence-electron chi connectivity index (χ0n) is 12.7. The van der Waals surface area contributed by atoms with Gasteiger partial charge in [-0.3, -0.25) is 4.79 Å². The molecule has 0 spiro atoms. The first-order chi connectivity index (χ1) is 11.5. The second-order valence-electron chi connectivity index (χ2n) is 5.04. The van der Waals surface area contributed by atoms with Crippen LogP contribution in [0.15, 0.2) is 22.6 Å². The molecule has 1 aromatic carbocycles. The summed E-state index contributed by atoms with van der Waals surface area (Å²) in [6.45, 7) is 2.58. The van der Waals surface area contributed by atoms with Gasteiger partial charge < -0.3 is 24.3 Å². The molecule has 1 aliphatic heterocycles. The maximum absolute atomic E-state index is 12.3. The Morgan fingerprint density at radius 2 is 1.88 bits per heavy atom. The number of carbonyl (C=O) groups excluding carboxylic acids is 1. The van der Waals surface area contributed by atoms with E-state index in [2.05, 4.69) is 5.32 Å². The highest BCUT2D eigenvalue weighted by Gasteiger charge is 2.22. The molecular weight excluding hydrogens is 338 g/mol. The van der Waals surface area contributed by atoms with Crippen molar-refractivity contribution in [1.82, 2.24) is 0 Å². The van der Waals surface area contributed by atoms with Crippen LogP contribution in [0.4, 0.5) is 5.69 Å². The Hall–Kier alpha value is -2.67. The number of nitrogens with one attached hydrogen (secondary N) is 1. The van der Waals surface area contributed by atoms with Gasteiger partial charge in [-0.05, 0) is 0 Å². The average Bonchev–Trinajstić information content (AvgIpc) is 3.00. The first-order valence-electron chi connectivity index (χ1n) is 7.26. The maximum atomic E-state index is 12.3. The Morgan fingerprint density at radius 3 is 2.46 bits per heavy atom. The van der Waals surface area contributed by atoms with Crippen LogP contribution in [-0.2, 0) is 6.42 Å². The third-order valence-electron chi connectivity index (χ3n) is 3.46. The van der Waals surface area contributed by atoms with Gasteiger partial charge in [0.05, 0.1) is 10.7 Å². The summed E-state index contributed by atoms with van der Waals surface area (Å²) in [7, 11) is 0. The Bertz CT molecular complexity index is 813. The molecule has 126 valence electrons. The molecule has 0 saturated heterocycles. The van der Waals surface area contributed by atoms with E-state index < -0.39 is 11.9 Å². The second kappa shape index (κ2) is 6.45. The van der Waals surface area contributed by atoms with E-state index in [9.17, 15) is 9.59 Å². The SMILES string of the molecule is CCc1oc(C(=O)Nc2cc3c(cc2Cl)OCCO3)cc1C(=O)O. The lowest BCUT2D eigenvalue weighted by Gasteiger charge is -2.19. The quantitative estimate of drug-likeness (QED) is 0.877. The number of fused-ring (bicyclic) bond motifs is 1. The fourth-order valence-electron chi connectivity index (χ4n) is 2.33. The van der Waals surface area contributed by atoms with Gasteiger partial charge >= 0.3 is 5.97 Å². The minimum atomic E-state index is -1.15. The fraction of sp³-hybridized carbons (Fsp3) is 0.250. The van der Waals surface area contributed by atoms with E-state index in [0.29, 0.717) is 36.8 Å². The molecule has 0 atom stereocenters.